The van der Waals surface area contributed by atoms with E-state index in [0.717, 1.165) is 30.4 Å². The van der Waals surface area contributed by atoms with Crippen molar-refractivity contribution in [1.82, 2.24) is 0 Å². The van der Waals surface area contributed by atoms with Crippen LogP contribution in [0.1, 0.15) is 37.3 Å². The van der Waals surface area contributed by atoms with Gasteiger partial charge >= 0.3 is 0 Å². The molecule has 3 rings (SSSR count). The van der Waals surface area contributed by atoms with E-state index in [1.807, 2.05) is 12.1 Å². The highest BCUT2D eigenvalue weighted by atomic mass is 19.2. The Balaban J connectivity index is 1.92. The zero-order valence-corrected chi connectivity index (χ0v) is 12.3. The van der Waals surface area contributed by atoms with Crippen LogP contribution in [0.25, 0.3) is 11.1 Å². The van der Waals surface area contributed by atoms with Crippen molar-refractivity contribution in [3.05, 3.63) is 59.2 Å². The van der Waals surface area contributed by atoms with Crippen molar-refractivity contribution in [2.45, 2.75) is 39.0 Å². The number of halogens is 2. The maximum Gasteiger partial charge on any atom is 0.166 e. The highest BCUT2D eigenvalue weighted by Crippen LogP contribution is 2.32. The van der Waals surface area contributed by atoms with Crippen LogP contribution in [0.2, 0.25) is 0 Å². The molecule has 1 atom stereocenters. The Labute approximate surface area is 124 Å². The summed E-state index contributed by atoms with van der Waals surface area (Å²) in [4.78, 5) is 0. The molecule has 0 spiro atoms. The molecule has 0 saturated heterocycles. The molecular weight excluding hydrogens is 266 g/mol. The number of rotatable bonds is 3. The first kappa shape index (κ1) is 14.2. The lowest BCUT2D eigenvalue weighted by atomic mass is 9.81. The fraction of sp³-hybridized carbons (Fsp3) is 0.368. The molecule has 0 aliphatic heterocycles. The van der Waals surface area contributed by atoms with Gasteiger partial charge in [-0.05, 0) is 47.9 Å². The lowest BCUT2D eigenvalue weighted by Gasteiger charge is -2.25. The Morgan fingerprint density at radius 1 is 1.10 bits per heavy atom. The van der Waals surface area contributed by atoms with Crippen molar-refractivity contribution >= 4 is 0 Å². The summed E-state index contributed by atoms with van der Waals surface area (Å²) in [6.07, 6.45) is 5.88. The summed E-state index contributed by atoms with van der Waals surface area (Å²) in [5, 5.41) is 0. The summed E-state index contributed by atoms with van der Waals surface area (Å²) in [5.41, 5.74) is 3.80. The van der Waals surface area contributed by atoms with Crippen LogP contribution < -0.4 is 0 Å². The maximum atomic E-state index is 13.9. The number of aryl methyl sites for hydroxylation is 1. The van der Waals surface area contributed by atoms with Gasteiger partial charge in [0.1, 0.15) is 0 Å². The third-order valence-corrected chi connectivity index (χ3v) is 4.50. The third kappa shape index (κ3) is 2.85. The summed E-state index contributed by atoms with van der Waals surface area (Å²) in [6, 6.07) is 10.4. The normalized spacial score (nSPS) is 17.6. The van der Waals surface area contributed by atoms with Gasteiger partial charge in [0.15, 0.2) is 11.6 Å². The highest BCUT2D eigenvalue weighted by molar-refractivity contribution is 5.66. The Morgan fingerprint density at radius 2 is 1.95 bits per heavy atom. The van der Waals surface area contributed by atoms with E-state index in [4.69, 9.17) is 0 Å². The fourth-order valence-corrected chi connectivity index (χ4v) is 3.38. The summed E-state index contributed by atoms with van der Waals surface area (Å²) in [7, 11) is 0. The summed E-state index contributed by atoms with van der Waals surface area (Å²) < 4.78 is 27.3. The Morgan fingerprint density at radius 3 is 2.76 bits per heavy atom. The van der Waals surface area contributed by atoms with Gasteiger partial charge < -0.3 is 0 Å². The minimum atomic E-state index is -0.784. The Kier molecular flexibility index (Phi) is 4.05. The predicted molar refractivity (Wildman–Crippen MR) is 82.2 cm³/mol. The van der Waals surface area contributed by atoms with E-state index in [1.54, 1.807) is 12.1 Å². The topological polar surface area (TPSA) is 0 Å². The number of hydrogen-bond donors (Lipinski definition) is 0. The molecular formula is C19H20F2. The van der Waals surface area contributed by atoms with Crippen LogP contribution in [0.15, 0.2) is 36.4 Å². The van der Waals surface area contributed by atoms with Crippen molar-refractivity contribution in [3.63, 3.8) is 0 Å². The van der Waals surface area contributed by atoms with Gasteiger partial charge in [-0.3, -0.25) is 0 Å². The molecule has 2 aromatic rings. The van der Waals surface area contributed by atoms with Crippen LogP contribution >= 0.6 is 0 Å². The highest BCUT2D eigenvalue weighted by Gasteiger charge is 2.19. The lowest BCUT2D eigenvalue weighted by molar-refractivity contribution is 0.423. The second kappa shape index (κ2) is 5.97. The van der Waals surface area contributed by atoms with Gasteiger partial charge in [0.05, 0.1) is 0 Å². The summed E-state index contributed by atoms with van der Waals surface area (Å²) in [6.45, 7) is 2.23. The van der Waals surface area contributed by atoms with Gasteiger partial charge in [0, 0.05) is 5.56 Å². The molecule has 110 valence electrons. The van der Waals surface area contributed by atoms with E-state index in [-0.39, 0.29) is 0 Å². The molecule has 0 nitrogen and oxygen atoms in total. The fourth-order valence-electron chi connectivity index (χ4n) is 3.38. The van der Waals surface area contributed by atoms with Crippen LogP contribution in [0.4, 0.5) is 8.78 Å². The molecule has 2 aromatic carbocycles. The number of fused-ring (bicyclic) bond motifs is 1. The number of benzene rings is 2. The van der Waals surface area contributed by atoms with E-state index >= 15 is 0 Å². The van der Waals surface area contributed by atoms with Gasteiger partial charge in [0.25, 0.3) is 0 Å². The molecule has 1 aliphatic carbocycles. The second-order valence-corrected chi connectivity index (χ2v) is 5.98. The molecule has 0 amide bonds. The summed E-state index contributed by atoms with van der Waals surface area (Å²) in [5.74, 6) is -0.760. The Hall–Kier alpha value is -1.70. The molecule has 21 heavy (non-hydrogen) atoms. The van der Waals surface area contributed by atoms with Crippen molar-refractivity contribution in [2.75, 3.05) is 0 Å². The molecule has 2 heteroatoms. The average molecular weight is 286 g/mol. The van der Waals surface area contributed by atoms with E-state index in [0.29, 0.717) is 5.56 Å². The zero-order chi connectivity index (χ0) is 14.8. The average Bonchev–Trinajstić information content (AvgIpc) is 2.50. The smallest absolute Gasteiger partial charge is 0.166 e. The lowest BCUT2D eigenvalue weighted by Crippen LogP contribution is -2.14. The first-order valence-corrected chi connectivity index (χ1v) is 7.75. The quantitative estimate of drug-likeness (QED) is 0.695. The van der Waals surface area contributed by atoms with Crippen LogP contribution in [-0.4, -0.2) is 0 Å². The van der Waals surface area contributed by atoms with E-state index in [9.17, 15) is 8.78 Å². The monoisotopic (exact) mass is 286 g/mol. The third-order valence-electron chi connectivity index (χ3n) is 4.50. The van der Waals surface area contributed by atoms with Gasteiger partial charge in [-0.1, -0.05) is 50.1 Å². The first-order valence-electron chi connectivity index (χ1n) is 7.75. The van der Waals surface area contributed by atoms with Gasteiger partial charge in [-0.15, -0.1) is 0 Å². The van der Waals surface area contributed by atoms with Gasteiger partial charge in [-0.25, -0.2) is 8.78 Å². The molecule has 0 radical (unpaired) electrons. The standard InChI is InChI=1S/C19H20F2/c1-2-4-13-7-8-15-12-16(10-9-14(15)11-13)17-5-3-6-18(20)19(17)21/h3,5-6,9-10,12-13H,2,4,7-8,11H2,1H3. The molecule has 0 saturated carbocycles. The van der Waals surface area contributed by atoms with Gasteiger partial charge in [-0.2, -0.15) is 0 Å². The van der Waals surface area contributed by atoms with E-state index in [1.165, 1.54) is 30.4 Å². The van der Waals surface area contributed by atoms with E-state index < -0.39 is 11.6 Å². The Bertz CT molecular complexity index is 646. The first-order chi connectivity index (χ1) is 10.2. The molecule has 0 bridgehead atoms. The molecule has 0 fully saturated rings. The molecule has 1 aliphatic rings. The van der Waals surface area contributed by atoms with Crippen molar-refractivity contribution in [3.8, 4) is 11.1 Å². The molecule has 1 unspecified atom stereocenters. The van der Waals surface area contributed by atoms with Crippen molar-refractivity contribution in [1.29, 1.82) is 0 Å². The zero-order valence-electron chi connectivity index (χ0n) is 12.3. The van der Waals surface area contributed by atoms with Crippen LogP contribution in [0.5, 0.6) is 0 Å². The summed E-state index contributed by atoms with van der Waals surface area (Å²) >= 11 is 0. The van der Waals surface area contributed by atoms with Gasteiger partial charge in [0.2, 0.25) is 0 Å². The molecule has 0 N–H and O–H groups in total. The molecule has 0 aromatic heterocycles. The number of hydrogen-bond acceptors (Lipinski definition) is 0. The van der Waals surface area contributed by atoms with Crippen molar-refractivity contribution < 1.29 is 8.78 Å². The van der Waals surface area contributed by atoms with Crippen LogP contribution in [0, 0.1) is 17.6 Å². The largest absolute Gasteiger partial charge is 0.204 e. The minimum Gasteiger partial charge on any atom is -0.204 e. The minimum absolute atomic E-state index is 0.355. The molecule has 0 heterocycles. The van der Waals surface area contributed by atoms with Crippen molar-refractivity contribution in [2.24, 2.45) is 5.92 Å². The van der Waals surface area contributed by atoms with E-state index in [2.05, 4.69) is 13.0 Å². The predicted octanol–water partition coefficient (Wildman–Crippen LogP) is 5.54. The maximum absolute atomic E-state index is 13.9. The second-order valence-electron chi connectivity index (χ2n) is 5.98. The SMILES string of the molecule is CCCC1CCc2cc(-c3cccc(F)c3F)ccc2C1. The van der Waals surface area contributed by atoms with Crippen LogP contribution in [-0.2, 0) is 12.8 Å². The van der Waals surface area contributed by atoms with Crippen LogP contribution in [0.3, 0.4) is 0 Å².